The van der Waals surface area contributed by atoms with Crippen LogP contribution in [0.3, 0.4) is 0 Å². The lowest BCUT2D eigenvalue weighted by molar-refractivity contribution is -0.123. The minimum Gasteiger partial charge on any atom is -0.302 e. The number of hydrazine groups is 1. The first-order chi connectivity index (χ1) is 10.2. The number of carbonyl (C=O) groups excluding carboxylic acids is 1. The van der Waals surface area contributed by atoms with Crippen LogP contribution in [0.2, 0.25) is 0 Å². The Hall–Kier alpha value is -1.39. The van der Waals surface area contributed by atoms with Crippen LogP contribution in [0.5, 0.6) is 0 Å². The Kier molecular flexibility index (Phi) is 6.21. The van der Waals surface area contributed by atoms with Crippen molar-refractivity contribution in [2.24, 2.45) is 11.8 Å². The predicted octanol–water partition coefficient (Wildman–Crippen LogP) is 2.27. The van der Waals surface area contributed by atoms with Gasteiger partial charge in [0.15, 0.2) is 0 Å². The highest BCUT2D eigenvalue weighted by atomic mass is 16.2. The van der Waals surface area contributed by atoms with E-state index in [0.29, 0.717) is 0 Å². The fraction of sp³-hybridized carbons (Fsp3) is 0.588. The van der Waals surface area contributed by atoms with Crippen molar-refractivity contribution in [1.29, 1.82) is 0 Å². The van der Waals surface area contributed by atoms with Gasteiger partial charge in [0.1, 0.15) is 0 Å². The number of hydrogen-bond donors (Lipinski definition) is 2. The highest BCUT2D eigenvalue weighted by Gasteiger charge is 2.25. The molecule has 1 aromatic carbocycles. The summed E-state index contributed by atoms with van der Waals surface area (Å²) in [7, 11) is 0. The van der Waals surface area contributed by atoms with E-state index in [0.717, 1.165) is 31.1 Å². The van der Waals surface area contributed by atoms with Gasteiger partial charge in [-0.15, -0.1) is 0 Å². The van der Waals surface area contributed by atoms with Crippen LogP contribution in [0.1, 0.15) is 44.1 Å². The highest BCUT2D eigenvalue weighted by molar-refractivity contribution is 5.83. The Bertz CT molecular complexity index is 427. The van der Waals surface area contributed by atoms with E-state index in [1.165, 1.54) is 25.7 Å². The summed E-state index contributed by atoms with van der Waals surface area (Å²) in [5, 5.41) is 0. The van der Waals surface area contributed by atoms with Crippen molar-refractivity contribution in [1.82, 2.24) is 10.3 Å². The van der Waals surface area contributed by atoms with Gasteiger partial charge in [-0.2, -0.15) is 0 Å². The van der Waals surface area contributed by atoms with E-state index in [2.05, 4.69) is 17.2 Å². The van der Waals surface area contributed by atoms with Crippen LogP contribution in [-0.2, 0) is 4.79 Å². The first-order valence-corrected chi connectivity index (χ1v) is 8.02. The van der Waals surface area contributed by atoms with Crippen molar-refractivity contribution in [3.05, 3.63) is 35.9 Å². The summed E-state index contributed by atoms with van der Waals surface area (Å²) in [5.41, 5.74) is 3.35. The molecule has 1 aromatic rings. The quantitative estimate of drug-likeness (QED) is 0.480. The molecular formula is C17H27N3O. The van der Waals surface area contributed by atoms with E-state index >= 15 is 0 Å². The number of nitrogens with two attached hydrogens (primary N) is 1. The van der Waals surface area contributed by atoms with Crippen LogP contribution < -0.4 is 11.3 Å². The monoisotopic (exact) mass is 289 g/mol. The van der Waals surface area contributed by atoms with Gasteiger partial charge >= 0.3 is 0 Å². The maximum absolute atomic E-state index is 12.1. The number of nitrogens with one attached hydrogen (secondary N) is 1. The Morgan fingerprint density at radius 1 is 1.33 bits per heavy atom. The van der Waals surface area contributed by atoms with E-state index in [-0.39, 0.29) is 11.8 Å². The largest absolute Gasteiger partial charge is 0.302 e. The summed E-state index contributed by atoms with van der Waals surface area (Å²) in [6, 6.07) is 9.92. The molecule has 1 aliphatic rings. The van der Waals surface area contributed by atoms with Crippen molar-refractivity contribution in [3.8, 4) is 0 Å². The molecule has 0 aliphatic carbocycles. The lowest BCUT2D eigenvalue weighted by Crippen LogP contribution is -2.43. The van der Waals surface area contributed by atoms with Crippen LogP contribution in [-0.4, -0.2) is 30.4 Å². The average Bonchev–Trinajstić information content (AvgIpc) is 2.54. The summed E-state index contributed by atoms with van der Waals surface area (Å²) in [6.45, 7) is 5.19. The molecule has 1 aliphatic heterocycles. The highest BCUT2D eigenvalue weighted by Crippen LogP contribution is 2.24. The van der Waals surface area contributed by atoms with Crippen LogP contribution >= 0.6 is 0 Å². The summed E-state index contributed by atoms with van der Waals surface area (Å²) in [5.74, 6) is 5.94. The van der Waals surface area contributed by atoms with Crippen LogP contribution in [0.15, 0.2) is 30.3 Å². The molecule has 2 rings (SSSR count). The van der Waals surface area contributed by atoms with Gasteiger partial charge < -0.3 is 4.90 Å². The lowest BCUT2D eigenvalue weighted by Gasteiger charge is -2.33. The maximum Gasteiger partial charge on any atom is 0.242 e. The summed E-state index contributed by atoms with van der Waals surface area (Å²) in [6.07, 6.45) is 5.10. The van der Waals surface area contributed by atoms with Crippen molar-refractivity contribution >= 4 is 5.91 Å². The second-order valence-corrected chi connectivity index (χ2v) is 6.00. The fourth-order valence-corrected chi connectivity index (χ4v) is 3.25. The second-order valence-electron chi connectivity index (χ2n) is 6.00. The molecule has 4 heteroatoms. The minimum atomic E-state index is -0.182. The fourth-order valence-electron chi connectivity index (χ4n) is 3.25. The van der Waals surface area contributed by atoms with Gasteiger partial charge in [0.25, 0.3) is 0 Å². The topological polar surface area (TPSA) is 58.4 Å². The standard InChI is InChI=1S/C17H27N3O/c1-2-6-14-9-11-20(12-10-14)13-16(17(21)19-18)15-7-4-3-5-8-15/h3-5,7-8,14,16H,2,6,9-13,18H2,1H3,(H,19,21). The van der Waals surface area contributed by atoms with Gasteiger partial charge in [0, 0.05) is 6.54 Å². The van der Waals surface area contributed by atoms with Crippen molar-refractivity contribution in [3.63, 3.8) is 0 Å². The van der Waals surface area contributed by atoms with Crippen molar-refractivity contribution in [2.75, 3.05) is 19.6 Å². The molecule has 0 saturated carbocycles. The zero-order valence-electron chi connectivity index (χ0n) is 12.9. The third-order valence-corrected chi connectivity index (χ3v) is 4.51. The zero-order valence-corrected chi connectivity index (χ0v) is 12.9. The van der Waals surface area contributed by atoms with Gasteiger partial charge in [0.05, 0.1) is 5.92 Å². The predicted molar refractivity (Wildman–Crippen MR) is 85.6 cm³/mol. The molecule has 0 aromatic heterocycles. The lowest BCUT2D eigenvalue weighted by atomic mass is 9.91. The molecule has 1 fully saturated rings. The molecule has 1 amide bonds. The molecule has 0 bridgehead atoms. The van der Waals surface area contributed by atoms with Gasteiger partial charge in [-0.05, 0) is 37.4 Å². The van der Waals surface area contributed by atoms with Crippen LogP contribution in [0.4, 0.5) is 0 Å². The maximum atomic E-state index is 12.1. The third kappa shape index (κ3) is 4.55. The van der Waals surface area contributed by atoms with Gasteiger partial charge in [-0.3, -0.25) is 10.2 Å². The third-order valence-electron chi connectivity index (χ3n) is 4.51. The normalized spacial score (nSPS) is 18.4. The number of benzene rings is 1. The van der Waals surface area contributed by atoms with E-state index in [4.69, 9.17) is 5.84 Å². The minimum absolute atomic E-state index is 0.100. The van der Waals surface area contributed by atoms with E-state index in [9.17, 15) is 4.79 Å². The molecule has 3 N–H and O–H groups in total. The first kappa shape index (κ1) is 16.0. The van der Waals surface area contributed by atoms with Gasteiger partial charge in [0.2, 0.25) is 5.91 Å². The summed E-state index contributed by atoms with van der Waals surface area (Å²) < 4.78 is 0. The first-order valence-electron chi connectivity index (χ1n) is 8.02. The summed E-state index contributed by atoms with van der Waals surface area (Å²) in [4.78, 5) is 14.5. The number of carbonyl (C=O) groups is 1. The van der Waals surface area contributed by atoms with E-state index in [1.807, 2.05) is 30.3 Å². The molecule has 1 heterocycles. The number of amides is 1. The SMILES string of the molecule is CCCC1CCN(CC(C(=O)NN)c2ccccc2)CC1. The van der Waals surface area contributed by atoms with E-state index < -0.39 is 0 Å². The zero-order chi connectivity index (χ0) is 15.1. The van der Waals surface area contributed by atoms with Crippen LogP contribution in [0, 0.1) is 5.92 Å². The Morgan fingerprint density at radius 3 is 2.57 bits per heavy atom. The average molecular weight is 289 g/mol. The molecule has 21 heavy (non-hydrogen) atoms. The van der Waals surface area contributed by atoms with Crippen LogP contribution in [0.25, 0.3) is 0 Å². The Labute approximate surface area is 127 Å². The van der Waals surface area contributed by atoms with Gasteiger partial charge in [-0.25, -0.2) is 5.84 Å². The van der Waals surface area contributed by atoms with Crippen molar-refractivity contribution in [2.45, 2.75) is 38.5 Å². The number of piperidine rings is 1. The van der Waals surface area contributed by atoms with E-state index in [1.54, 1.807) is 0 Å². The number of rotatable bonds is 6. The summed E-state index contributed by atoms with van der Waals surface area (Å²) >= 11 is 0. The molecule has 1 saturated heterocycles. The Balaban J connectivity index is 1.96. The molecule has 116 valence electrons. The molecule has 1 atom stereocenters. The number of nitrogens with zero attached hydrogens (tertiary/aromatic N) is 1. The molecular weight excluding hydrogens is 262 g/mol. The second kappa shape index (κ2) is 8.15. The number of hydrogen-bond acceptors (Lipinski definition) is 3. The van der Waals surface area contributed by atoms with Gasteiger partial charge in [-0.1, -0.05) is 50.1 Å². The number of likely N-dealkylation sites (tertiary alicyclic amines) is 1. The molecule has 0 radical (unpaired) electrons. The molecule has 4 nitrogen and oxygen atoms in total. The molecule has 0 spiro atoms. The smallest absolute Gasteiger partial charge is 0.242 e. The van der Waals surface area contributed by atoms with Crippen molar-refractivity contribution < 1.29 is 4.79 Å². The molecule has 1 unspecified atom stereocenters. The Morgan fingerprint density at radius 2 is 2.00 bits per heavy atom.